The largest absolute Gasteiger partial charge is 0.573 e. The van der Waals surface area contributed by atoms with Crippen LogP contribution in [0.2, 0.25) is 0 Å². The fourth-order valence-electron chi connectivity index (χ4n) is 3.71. The molecule has 0 unspecified atom stereocenters. The molecule has 4 rings (SSSR count). The Morgan fingerprint density at radius 2 is 1.90 bits per heavy atom. The number of benzene rings is 2. The van der Waals surface area contributed by atoms with E-state index in [4.69, 9.17) is 10.5 Å². The van der Waals surface area contributed by atoms with Gasteiger partial charge in [0.25, 0.3) is 5.91 Å². The van der Waals surface area contributed by atoms with Crippen molar-refractivity contribution in [2.75, 3.05) is 7.11 Å². The van der Waals surface area contributed by atoms with Gasteiger partial charge in [-0.1, -0.05) is 12.1 Å². The highest BCUT2D eigenvalue weighted by Crippen LogP contribution is 2.48. The van der Waals surface area contributed by atoms with Crippen molar-refractivity contribution >= 4 is 22.8 Å². The van der Waals surface area contributed by atoms with Crippen molar-refractivity contribution in [3.63, 3.8) is 0 Å². The molecule has 0 aliphatic heterocycles. The van der Waals surface area contributed by atoms with Crippen molar-refractivity contribution in [1.29, 1.82) is 0 Å². The number of rotatable bonds is 5. The van der Waals surface area contributed by atoms with Crippen LogP contribution in [0.5, 0.6) is 5.75 Å². The topological polar surface area (TPSA) is 83.5 Å². The lowest BCUT2D eigenvalue weighted by atomic mass is 10.1. The van der Waals surface area contributed by atoms with E-state index < -0.39 is 18.0 Å². The second-order valence-corrected chi connectivity index (χ2v) is 7.06. The van der Waals surface area contributed by atoms with Crippen LogP contribution in [0.3, 0.4) is 0 Å². The minimum Gasteiger partial charge on any atom is -0.469 e. The van der Waals surface area contributed by atoms with Crippen molar-refractivity contribution in [2.24, 2.45) is 11.7 Å². The van der Waals surface area contributed by atoms with Gasteiger partial charge in [-0.2, -0.15) is 0 Å². The van der Waals surface area contributed by atoms with E-state index in [1.807, 2.05) is 6.07 Å². The van der Waals surface area contributed by atoms with Crippen molar-refractivity contribution < 1.29 is 32.2 Å². The molecule has 0 radical (unpaired) electrons. The maximum absolute atomic E-state index is 12.6. The Labute approximate surface area is 169 Å². The molecule has 1 aromatic heterocycles. The number of nitrogens with two attached hydrogens (primary N) is 1. The van der Waals surface area contributed by atoms with E-state index in [2.05, 4.69) is 4.74 Å². The van der Waals surface area contributed by atoms with E-state index >= 15 is 0 Å². The van der Waals surface area contributed by atoms with Crippen molar-refractivity contribution in [3.8, 4) is 11.4 Å². The van der Waals surface area contributed by atoms with Crippen molar-refractivity contribution in [3.05, 3.63) is 59.8 Å². The van der Waals surface area contributed by atoms with E-state index in [-0.39, 0.29) is 23.5 Å². The molecule has 0 saturated heterocycles. The fourth-order valence-corrected chi connectivity index (χ4v) is 3.71. The summed E-state index contributed by atoms with van der Waals surface area (Å²) in [4.78, 5) is 23.8. The van der Waals surface area contributed by atoms with Gasteiger partial charge in [0.15, 0.2) is 0 Å². The second-order valence-electron chi connectivity index (χ2n) is 7.06. The molecule has 1 aliphatic carbocycles. The normalized spacial score (nSPS) is 18.3. The molecule has 30 heavy (non-hydrogen) atoms. The number of ether oxygens (including phenoxy) is 2. The average molecular weight is 418 g/mol. The first-order chi connectivity index (χ1) is 14.2. The molecular weight excluding hydrogens is 401 g/mol. The molecule has 3 aromatic rings. The van der Waals surface area contributed by atoms with Gasteiger partial charge in [0.05, 0.1) is 18.5 Å². The zero-order chi connectivity index (χ0) is 21.6. The Balaban J connectivity index is 1.80. The SMILES string of the molecule is COC(=O)[C@@H]1C[C@H]1c1cccc(-n2c(C(N)=O)cc3ccc(OC(F)(F)F)cc32)c1. The Kier molecular flexibility index (Phi) is 4.68. The summed E-state index contributed by atoms with van der Waals surface area (Å²) in [5.74, 6) is -1.67. The molecule has 1 heterocycles. The molecule has 2 atom stereocenters. The minimum atomic E-state index is -4.84. The number of aromatic nitrogens is 1. The lowest BCUT2D eigenvalue weighted by Gasteiger charge is -2.13. The quantitative estimate of drug-likeness (QED) is 0.637. The Bertz CT molecular complexity index is 1150. The summed E-state index contributed by atoms with van der Waals surface area (Å²) in [6.45, 7) is 0. The number of methoxy groups -OCH3 is 1. The van der Waals surface area contributed by atoms with E-state index in [0.717, 1.165) is 5.56 Å². The first kappa shape index (κ1) is 19.8. The van der Waals surface area contributed by atoms with Gasteiger partial charge in [-0.05, 0) is 48.2 Å². The Morgan fingerprint density at radius 1 is 1.13 bits per heavy atom. The summed E-state index contributed by atoms with van der Waals surface area (Å²) < 4.78 is 48.2. The Hall–Kier alpha value is -3.49. The maximum atomic E-state index is 12.6. The summed E-state index contributed by atoms with van der Waals surface area (Å²) in [6, 6.07) is 12.4. The summed E-state index contributed by atoms with van der Waals surface area (Å²) in [6.07, 6.45) is -4.19. The van der Waals surface area contributed by atoms with Gasteiger partial charge < -0.3 is 19.8 Å². The van der Waals surface area contributed by atoms with Crippen molar-refractivity contribution in [1.82, 2.24) is 4.57 Å². The van der Waals surface area contributed by atoms with Gasteiger partial charge in [-0.3, -0.25) is 9.59 Å². The number of alkyl halides is 3. The summed E-state index contributed by atoms with van der Waals surface area (Å²) in [7, 11) is 1.33. The third kappa shape index (κ3) is 3.70. The number of primary amides is 1. The highest BCUT2D eigenvalue weighted by Gasteiger charge is 2.45. The fraction of sp³-hybridized carbons (Fsp3) is 0.238. The second kappa shape index (κ2) is 7.08. The predicted octanol–water partition coefficient (Wildman–Crippen LogP) is 3.90. The third-order valence-corrected chi connectivity index (χ3v) is 5.11. The first-order valence-electron chi connectivity index (χ1n) is 9.07. The number of carbonyl (C=O) groups is 2. The molecule has 9 heteroatoms. The van der Waals surface area contributed by atoms with Crippen LogP contribution in [-0.2, 0) is 9.53 Å². The lowest BCUT2D eigenvalue weighted by molar-refractivity contribution is -0.274. The summed E-state index contributed by atoms with van der Waals surface area (Å²) >= 11 is 0. The predicted molar refractivity (Wildman–Crippen MR) is 101 cm³/mol. The number of halogens is 3. The first-order valence-corrected chi connectivity index (χ1v) is 9.07. The van der Waals surface area contributed by atoms with Crippen LogP contribution in [0.4, 0.5) is 13.2 Å². The molecule has 2 aromatic carbocycles. The van der Waals surface area contributed by atoms with E-state index in [1.54, 1.807) is 18.2 Å². The molecular formula is C21H17F3N2O4. The average Bonchev–Trinajstić information content (AvgIpc) is 3.40. The number of hydrogen-bond acceptors (Lipinski definition) is 4. The maximum Gasteiger partial charge on any atom is 0.573 e. The van der Waals surface area contributed by atoms with Gasteiger partial charge in [-0.25, -0.2) is 0 Å². The number of esters is 1. The Morgan fingerprint density at radius 3 is 2.57 bits per heavy atom. The van der Waals surface area contributed by atoms with Crippen LogP contribution >= 0.6 is 0 Å². The molecule has 156 valence electrons. The molecule has 0 bridgehead atoms. The molecule has 6 nitrogen and oxygen atoms in total. The van der Waals surface area contributed by atoms with Crippen LogP contribution < -0.4 is 10.5 Å². The van der Waals surface area contributed by atoms with Gasteiger partial charge >= 0.3 is 12.3 Å². The highest BCUT2D eigenvalue weighted by molar-refractivity contribution is 5.99. The highest BCUT2D eigenvalue weighted by atomic mass is 19.4. The van der Waals surface area contributed by atoms with E-state index in [9.17, 15) is 22.8 Å². The number of amides is 1. The molecule has 1 saturated carbocycles. The number of hydrogen-bond donors (Lipinski definition) is 1. The van der Waals surface area contributed by atoms with Gasteiger partial charge in [-0.15, -0.1) is 13.2 Å². The standard InChI is InChI=1S/C21H17F3N2O4/c1-29-20(28)16-10-15(16)11-3-2-4-13(7-11)26-17-9-14(30-21(22,23)24)6-5-12(17)8-18(26)19(25)27/h2-9,15-16H,10H2,1H3,(H2,25,27)/t15-,16+/m0/s1. The molecule has 2 N–H and O–H groups in total. The molecule has 0 spiro atoms. The van der Waals surface area contributed by atoms with E-state index in [1.165, 1.54) is 35.9 Å². The van der Waals surface area contributed by atoms with E-state index in [0.29, 0.717) is 23.0 Å². The number of fused-ring (bicyclic) bond motifs is 1. The van der Waals surface area contributed by atoms with Crippen molar-refractivity contribution in [2.45, 2.75) is 18.7 Å². The summed E-state index contributed by atoms with van der Waals surface area (Å²) in [5.41, 5.74) is 7.37. The van der Waals surface area contributed by atoms with Gasteiger partial charge in [0, 0.05) is 17.1 Å². The van der Waals surface area contributed by atoms with Gasteiger partial charge in [0.1, 0.15) is 11.4 Å². The van der Waals surface area contributed by atoms with Gasteiger partial charge in [0.2, 0.25) is 0 Å². The van der Waals surface area contributed by atoms with Crippen LogP contribution in [0.1, 0.15) is 28.4 Å². The van der Waals surface area contributed by atoms with Crippen LogP contribution in [0.25, 0.3) is 16.6 Å². The molecule has 1 fully saturated rings. The lowest BCUT2D eigenvalue weighted by Crippen LogP contribution is -2.17. The minimum absolute atomic E-state index is 0.0135. The molecule has 1 aliphatic rings. The zero-order valence-electron chi connectivity index (χ0n) is 15.8. The third-order valence-electron chi connectivity index (χ3n) is 5.11. The van der Waals surface area contributed by atoms with Crippen LogP contribution in [-0.4, -0.2) is 29.9 Å². The van der Waals surface area contributed by atoms with Crippen LogP contribution in [0.15, 0.2) is 48.5 Å². The zero-order valence-corrected chi connectivity index (χ0v) is 15.8. The monoisotopic (exact) mass is 418 g/mol. The smallest absolute Gasteiger partial charge is 0.469 e. The summed E-state index contributed by atoms with van der Waals surface area (Å²) in [5, 5.41) is 0.530. The number of carbonyl (C=O) groups excluding carboxylic acids is 2. The molecule has 1 amide bonds. The van der Waals surface area contributed by atoms with Crippen LogP contribution in [0, 0.1) is 5.92 Å². The number of nitrogens with zero attached hydrogens (tertiary/aromatic N) is 1.